The molecule has 1 unspecified atom stereocenters. The summed E-state index contributed by atoms with van der Waals surface area (Å²) < 4.78 is 0. The van der Waals surface area contributed by atoms with Crippen LogP contribution in [0, 0.1) is 5.92 Å². The molecule has 0 fully saturated rings. The highest BCUT2D eigenvalue weighted by Gasteiger charge is 1.97. The molecule has 0 aliphatic heterocycles. The van der Waals surface area contributed by atoms with Gasteiger partial charge in [0.1, 0.15) is 0 Å². The van der Waals surface area contributed by atoms with Gasteiger partial charge in [0.05, 0.1) is 0 Å². The Labute approximate surface area is 101 Å². The molecule has 0 heterocycles. The van der Waals surface area contributed by atoms with Gasteiger partial charge < -0.3 is 0 Å². The molecule has 0 spiro atoms. The number of hydrogen-bond acceptors (Lipinski definition) is 0. The van der Waals surface area contributed by atoms with Crippen molar-refractivity contribution in [1.29, 1.82) is 0 Å². The van der Waals surface area contributed by atoms with E-state index in [2.05, 4.69) is 38.7 Å². The molecule has 0 nitrogen and oxygen atoms in total. The summed E-state index contributed by atoms with van der Waals surface area (Å²) in [6.07, 6.45) is 15.8. The third kappa shape index (κ3) is 8.05. The Bertz CT molecular complexity index is 311. The Morgan fingerprint density at radius 3 is 2.56 bits per heavy atom. The van der Waals surface area contributed by atoms with Crippen LogP contribution in [-0.2, 0) is 0 Å². The fourth-order valence-electron chi connectivity index (χ4n) is 1.15. The van der Waals surface area contributed by atoms with Gasteiger partial charge in [-0.05, 0) is 33.1 Å². The minimum atomic E-state index is 0.763. The molecule has 0 radical (unpaired) electrons. The zero-order valence-corrected chi connectivity index (χ0v) is 11.0. The summed E-state index contributed by atoms with van der Waals surface area (Å²) >= 11 is 0. The molecule has 0 aromatic carbocycles. The molecule has 0 amide bonds. The molecule has 0 bridgehead atoms. The van der Waals surface area contributed by atoms with Gasteiger partial charge in [0.25, 0.3) is 0 Å². The fraction of sp³-hybridized carbons (Fsp3) is 0.375. The molecule has 1 aliphatic rings. The van der Waals surface area contributed by atoms with Gasteiger partial charge in [0.15, 0.2) is 0 Å². The molecule has 88 valence electrons. The maximum atomic E-state index is 3.61. The predicted molar refractivity (Wildman–Crippen MR) is 75.4 cm³/mol. The average molecular weight is 216 g/mol. The number of hydrogen-bond donors (Lipinski definition) is 0. The Morgan fingerprint density at radius 2 is 2.19 bits per heavy atom. The van der Waals surface area contributed by atoms with Crippen molar-refractivity contribution in [3.05, 3.63) is 60.3 Å². The average Bonchev–Trinajstić information content (AvgIpc) is 2.30. The maximum absolute atomic E-state index is 3.61. The molecule has 0 saturated heterocycles. The molecule has 0 N–H and O–H groups in total. The number of rotatable bonds is 2. The van der Waals surface area contributed by atoms with Crippen LogP contribution >= 0.6 is 0 Å². The van der Waals surface area contributed by atoms with Crippen molar-refractivity contribution in [2.24, 2.45) is 5.92 Å². The molecule has 0 aromatic heterocycles. The SMILES string of the molecule is C=C/C(C)=C\C=C/C.CC1=CCC(C)C=C1. The van der Waals surface area contributed by atoms with Crippen LogP contribution in [0.25, 0.3) is 0 Å². The summed E-state index contributed by atoms with van der Waals surface area (Å²) in [5.41, 5.74) is 2.60. The lowest BCUT2D eigenvalue weighted by Crippen LogP contribution is -1.91. The Kier molecular flexibility index (Phi) is 8.24. The van der Waals surface area contributed by atoms with E-state index in [0.717, 1.165) is 5.92 Å². The van der Waals surface area contributed by atoms with Gasteiger partial charge in [-0.2, -0.15) is 0 Å². The topological polar surface area (TPSA) is 0 Å². The van der Waals surface area contributed by atoms with Crippen LogP contribution < -0.4 is 0 Å². The van der Waals surface area contributed by atoms with E-state index in [0.29, 0.717) is 0 Å². The van der Waals surface area contributed by atoms with Crippen molar-refractivity contribution in [2.75, 3.05) is 0 Å². The largest absolute Gasteiger partial charge is 0.0988 e. The molecular weight excluding hydrogens is 192 g/mol. The van der Waals surface area contributed by atoms with Crippen molar-refractivity contribution < 1.29 is 0 Å². The van der Waals surface area contributed by atoms with Crippen molar-refractivity contribution in [2.45, 2.75) is 34.1 Å². The van der Waals surface area contributed by atoms with Crippen LogP contribution in [0.3, 0.4) is 0 Å². The minimum absolute atomic E-state index is 0.763. The first-order valence-corrected chi connectivity index (χ1v) is 5.87. The standard InChI is InChI=1S/2C8H12/c1-7-3-5-8(2)6-4-7;1-4-6-7-8(3)5-2/h3-5,8H,6H2,1-2H3;4-7H,2H2,1,3H3/b;6-4-,8-7-. The highest BCUT2D eigenvalue weighted by molar-refractivity contribution is 5.20. The quantitative estimate of drug-likeness (QED) is 0.555. The second kappa shape index (κ2) is 8.96. The van der Waals surface area contributed by atoms with Crippen LogP contribution in [0.15, 0.2) is 60.3 Å². The van der Waals surface area contributed by atoms with Crippen molar-refractivity contribution in [3.8, 4) is 0 Å². The summed E-state index contributed by atoms with van der Waals surface area (Å²) in [4.78, 5) is 0. The van der Waals surface area contributed by atoms with Crippen LogP contribution in [0.1, 0.15) is 34.1 Å². The molecule has 0 heteroatoms. The Morgan fingerprint density at radius 1 is 1.50 bits per heavy atom. The van der Waals surface area contributed by atoms with Crippen LogP contribution in [0.4, 0.5) is 0 Å². The van der Waals surface area contributed by atoms with E-state index >= 15 is 0 Å². The normalized spacial score (nSPS) is 20.1. The first kappa shape index (κ1) is 14.7. The van der Waals surface area contributed by atoms with Crippen LogP contribution in [0.2, 0.25) is 0 Å². The lowest BCUT2D eigenvalue weighted by atomic mass is 10.00. The Balaban J connectivity index is 0.000000281. The minimum Gasteiger partial charge on any atom is -0.0988 e. The molecular formula is C16H24. The van der Waals surface area contributed by atoms with E-state index in [1.54, 1.807) is 0 Å². The lowest BCUT2D eigenvalue weighted by Gasteiger charge is -2.06. The predicted octanol–water partition coefficient (Wildman–Crippen LogP) is 5.22. The second-order valence-corrected chi connectivity index (χ2v) is 4.16. The van der Waals surface area contributed by atoms with E-state index < -0.39 is 0 Å². The summed E-state index contributed by atoms with van der Waals surface area (Å²) in [7, 11) is 0. The highest BCUT2D eigenvalue weighted by Crippen LogP contribution is 2.13. The fourth-order valence-corrected chi connectivity index (χ4v) is 1.15. The molecule has 1 atom stereocenters. The smallest absolute Gasteiger partial charge is 0.0224 e. The van der Waals surface area contributed by atoms with Gasteiger partial charge in [-0.15, -0.1) is 0 Å². The third-order valence-electron chi connectivity index (χ3n) is 2.37. The van der Waals surface area contributed by atoms with Crippen LogP contribution in [0.5, 0.6) is 0 Å². The summed E-state index contributed by atoms with van der Waals surface area (Å²) in [5.74, 6) is 0.763. The van der Waals surface area contributed by atoms with E-state index in [-0.39, 0.29) is 0 Å². The first-order valence-electron chi connectivity index (χ1n) is 5.87. The molecule has 16 heavy (non-hydrogen) atoms. The third-order valence-corrected chi connectivity index (χ3v) is 2.37. The molecule has 0 saturated carbocycles. The zero-order chi connectivity index (χ0) is 12.4. The van der Waals surface area contributed by atoms with Gasteiger partial charge in [-0.1, -0.05) is 67.2 Å². The van der Waals surface area contributed by atoms with E-state index in [1.807, 2.05) is 38.2 Å². The van der Waals surface area contributed by atoms with Crippen molar-refractivity contribution >= 4 is 0 Å². The highest BCUT2D eigenvalue weighted by atomic mass is 14.0. The molecule has 0 aromatic rings. The summed E-state index contributed by atoms with van der Waals surface area (Å²) in [6.45, 7) is 12.0. The van der Waals surface area contributed by atoms with E-state index in [1.165, 1.54) is 17.6 Å². The first-order chi connectivity index (χ1) is 7.60. The Hall–Kier alpha value is -1.30. The second-order valence-electron chi connectivity index (χ2n) is 4.16. The van der Waals surface area contributed by atoms with Crippen LogP contribution in [-0.4, -0.2) is 0 Å². The van der Waals surface area contributed by atoms with E-state index in [9.17, 15) is 0 Å². The van der Waals surface area contributed by atoms with Gasteiger partial charge in [-0.3, -0.25) is 0 Å². The van der Waals surface area contributed by atoms with Gasteiger partial charge in [0.2, 0.25) is 0 Å². The molecule has 1 aliphatic carbocycles. The number of allylic oxidation sites excluding steroid dienone is 9. The van der Waals surface area contributed by atoms with Crippen molar-refractivity contribution in [3.63, 3.8) is 0 Å². The van der Waals surface area contributed by atoms with Crippen molar-refractivity contribution in [1.82, 2.24) is 0 Å². The molecule has 1 rings (SSSR count). The zero-order valence-electron chi connectivity index (χ0n) is 11.0. The lowest BCUT2D eigenvalue weighted by molar-refractivity contribution is 0.731. The summed E-state index contributed by atoms with van der Waals surface area (Å²) in [6, 6.07) is 0. The van der Waals surface area contributed by atoms with Gasteiger partial charge in [0, 0.05) is 0 Å². The monoisotopic (exact) mass is 216 g/mol. The van der Waals surface area contributed by atoms with Gasteiger partial charge in [-0.25, -0.2) is 0 Å². The summed E-state index contributed by atoms with van der Waals surface area (Å²) in [5, 5.41) is 0. The maximum Gasteiger partial charge on any atom is -0.0224 e. The van der Waals surface area contributed by atoms with Gasteiger partial charge >= 0.3 is 0 Å². The van der Waals surface area contributed by atoms with E-state index in [4.69, 9.17) is 0 Å².